The van der Waals surface area contributed by atoms with Gasteiger partial charge in [-0.2, -0.15) is 0 Å². The lowest BCUT2D eigenvalue weighted by atomic mass is 10.2. The normalized spacial score (nSPS) is 28.1. The summed E-state index contributed by atoms with van der Waals surface area (Å²) in [6.07, 6.45) is -0.886. The number of aliphatic hydroxyl groups is 1. The molecule has 23 heavy (non-hydrogen) atoms. The highest BCUT2D eigenvalue weighted by Gasteiger charge is 2.45. The summed E-state index contributed by atoms with van der Waals surface area (Å²) >= 11 is 15.5. The van der Waals surface area contributed by atoms with Crippen LogP contribution in [0.15, 0.2) is 48.5 Å². The van der Waals surface area contributed by atoms with Gasteiger partial charge in [0.2, 0.25) is 0 Å². The van der Waals surface area contributed by atoms with Crippen molar-refractivity contribution in [3.8, 4) is 0 Å². The fourth-order valence-electron chi connectivity index (χ4n) is 2.16. The molecule has 8 heteroatoms. The van der Waals surface area contributed by atoms with Crippen LogP contribution in [-0.4, -0.2) is 12.2 Å². The molecule has 0 radical (unpaired) electrons. The number of hydrogen-bond donors (Lipinski definition) is 1. The molecule has 0 amide bonds. The summed E-state index contributed by atoms with van der Waals surface area (Å²) in [6.45, 7) is 2.08. The van der Waals surface area contributed by atoms with E-state index in [1.807, 2.05) is 46.3 Å². The van der Waals surface area contributed by atoms with Crippen LogP contribution in [0.5, 0.6) is 0 Å². The Hall–Kier alpha value is 0.360. The average Bonchev–Trinajstić information content (AvgIpc) is 2.53. The maximum Gasteiger partial charge on any atom is 0.180 e. The molecular weight excluding hydrogens is 402 g/mol. The second-order valence-electron chi connectivity index (χ2n) is 5.17. The zero-order valence-electron chi connectivity index (χ0n) is 12.6. The van der Waals surface area contributed by atoms with Gasteiger partial charge in [-0.3, -0.25) is 0 Å². The smallest absolute Gasteiger partial charge is 0.180 e. The van der Waals surface area contributed by atoms with E-state index in [1.54, 1.807) is 0 Å². The molecule has 0 aromatic heterocycles. The number of methoxy groups -OCH3 is 1. The van der Waals surface area contributed by atoms with Crippen molar-refractivity contribution in [2.45, 2.75) is 13.2 Å². The van der Waals surface area contributed by atoms with Gasteiger partial charge in [-0.1, -0.05) is 99.7 Å². The van der Waals surface area contributed by atoms with Crippen molar-refractivity contribution in [2.24, 2.45) is 0 Å². The highest BCUT2D eigenvalue weighted by atomic mass is 33.7. The molecule has 3 rings (SSSR count). The Kier molecular flexibility index (Phi) is 5.47. The first-order valence-corrected chi connectivity index (χ1v) is 16.5. The SMILES string of the molecule is COC(O)c1ccc(P2(=S)SP(=S)(c3ccc(C)cc3)S2)cc1. The first-order valence-electron chi connectivity index (χ1n) is 6.88. The van der Waals surface area contributed by atoms with Crippen LogP contribution in [0.2, 0.25) is 0 Å². The topological polar surface area (TPSA) is 29.5 Å². The summed E-state index contributed by atoms with van der Waals surface area (Å²) in [6, 6.07) is 16.3. The molecule has 1 fully saturated rings. The molecule has 1 saturated heterocycles. The summed E-state index contributed by atoms with van der Waals surface area (Å²) in [5, 5.41) is 12.1. The van der Waals surface area contributed by atoms with E-state index >= 15 is 0 Å². The van der Waals surface area contributed by atoms with Crippen LogP contribution in [0.25, 0.3) is 0 Å². The molecule has 2 aromatic carbocycles. The first-order chi connectivity index (χ1) is 10.9. The largest absolute Gasteiger partial charge is 0.364 e. The molecule has 0 aliphatic carbocycles. The summed E-state index contributed by atoms with van der Waals surface area (Å²) in [4.78, 5) is 0. The summed E-state index contributed by atoms with van der Waals surface area (Å²) in [5.41, 5.74) is 1.99. The summed E-state index contributed by atoms with van der Waals surface area (Å²) < 4.78 is 1.56. The van der Waals surface area contributed by atoms with E-state index in [9.17, 15) is 5.11 Å². The van der Waals surface area contributed by atoms with E-state index in [-0.39, 0.29) is 0 Å². The van der Waals surface area contributed by atoms with Crippen molar-refractivity contribution in [1.29, 1.82) is 0 Å². The van der Waals surface area contributed by atoms with Gasteiger partial charge < -0.3 is 9.84 Å². The number of aliphatic hydroxyl groups excluding tert-OH is 1. The lowest BCUT2D eigenvalue weighted by Crippen LogP contribution is -2.10. The molecule has 1 aliphatic heterocycles. The molecule has 0 bridgehead atoms. The van der Waals surface area contributed by atoms with Gasteiger partial charge in [0.1, 0.15) is 0 Å². The van der Waals surface area contributed by atoms with Gasteiger partial charge in [0.25, 0.3) is 0 Å². The third-order valence-corrected chi connectivity index (χ3v) is 34.7. The van der Waals surface area contributed by atoms with E-state index in [0.717, 1.165) is 10.9 Å². The van der Waals surface area contributed by atoms with Gasteiger partial charge in [-0.25, -0.2) is 0 Å². The van der Waals surface area contributed by atoms with Gasteiger partial charge >= 0.3 is 0 Å². The monoisotopic (exact) mass is 418 g/mol. The Morgan fingerprint density at radius 1 is 0.913 bits per heavy atom. The maximum absolute atomic E-state index is 9.69. The highest BCUT2D eigenvalue weighted by Crippen LogP contribution is 3.04. The minimum Gasteiger partial charge on any atom is -0.364 e. The van der Waals surface area contributed by atoms with E-state index in [1.165, 1.54) is 18.0 Å². The number of benzene rings is 2. The van der Waals surface area contributed by atoms with E-state index < -0.39 is 15.2 Å². The van der Waals surface area contributed by atoms with Gasteiger partial charge in [0, 0.05) is 23.3 Å². The Balaban J connectivity index is 1.79. The molecule has 1 heterocycles. The van der Waals surface area contributed by atoms with Crippen LogP contribution in [-0.2, 0) is 28.4 Å². The Morgan fingerprint density at radius 2 is 1.35 bits per heavy atom. The minimum absolute atomic E-state index is 0.742. The lowest BCUT2D eigenvalue weighted by molar-refractivity contribution is -0.0769. The van der Waals surface area contributed by atoms with Crippen LogP contribution in [0.4, 0.5) is 0 Å². The molecule has 1 atom stereocenters. The quantitative estimate of drug-likeness (QED) is 0.573. The minimum atomic E-state index is -1.71. The third-order valence-electron chi connectivity index (χ3n) is 3.50. The van der Waals surface area contributed by atoms with E-state index in [4.69, 9.17) is 28.4 Å². The zero-order chi connectivity index (χ0) is 16.7. The fraction of sp³-hybridized carbons (Fsp3) is 0.200. The fourth-order valence-corrected chi connectivity index (χ4v) is 44.4. The predicted octanol–water partition coefficient (Wildman–Crippen LogP) is 4.68. The lowest BCUT2D eigenvalue weighted by Gasteiger charge is -2.40. The molecule has 122 valence electrons. The van der Waals surface area contributed by atoms with Crippen LogP contribution in [0.1, 0.15) is 17.4 Å². The number of ether oxygens (including phenoxy) is 1. The summed E-state index contributed by atoms with van der Waals surface area (Å²) in [7, 11) is 1.48. The first kappa shape index (κ1) is 18.2. The van der Waals surface area contributed by atoms with Gasteiger partial charge in [0.05, 0.1) is 8.88 Å². The Bertz CT molecular complexity index is 791. The van der Waals surface area contributed by atoms with Crippen molar-refractivity contribution in [3.05, 3.63) is 59.7 Å². The van der Waals surface area contributed by atoms with Crippen molar-refractivity contribution < 1.29 is 9.84 Å². The van der Waals surface area contributed by atoms with E-state index in [0.29, 0.717) is 0 Å². The van der Waals surface area contributed by atoms with Gasteiger partial charge in [-0.15, -0.1) is 0 Å². The third kappa shape index (κ3) is 3.65. The van der Waals surface area contributed by atoms with Crippen LogP contribution < -0.4 is 10.6 Å². The van der Waals surface area contributed by atoms with Crippen LogP contribution in [0.3, 0.4) is 0 Å². The van der Waals surface area contributed by atoms with Crippen molar-refractivity contribution in [1.82, 2.24) is 0 Å². The highest BCUT2D eigenvalue weighted by molar-refractivity contribution is 9.48. The van der Waals surface area contributed by atoms with Crippen molar-refractivity contribution >= 4 is 65.1 Å². The molecule has 1 unspecified atom stereocenters. The summed E-state index contributed by atoms with van der Waals surface area (Å²) in [5.74, 6) is 0. The van der Waals surface area contributed by atoms with E-state index in [2.05, 4.69) is 31.2 Å². The van der Waals surface area contributed by atoms with Crippen molar-refractivity contribution in [2.75, 3.05) is 7.11 Å². The molecule has 1 N–H and O–H groups in total. The molecule has 2 nitrogen and oxygen atoms in total. The molecule has 0 spiro atoms. The van der Waals surface area contributed by atoms with Gasteiger partial charge in [0.15, 0.2) is 6.29 Å². The van der Waals surface area contributed by atoms with Crippen LogP contribution in [0, 0.1) is 6.92 Å². The predicted molar refractivity (Wildman–Crippen MR) is 113 cm³/mol. The molecule has 1 aliphatic rings. The Morgan fingerprint density at radius 3 is 1.78 bits per heavy atom. The molecule has 0 saturated carbocycles. The second kappa shape index (κ2) is 6.93. The Labute approximate surface area is 154 Å². The number of aryl methyl sites for hydroxylation is 1. The molecule has 2 aromatic rings. The molecular formula is C15H16O2P2S4. The maximum atomic E-state index is 9.69. The van der Waals surface area contributed by atoms with Crippen molar-refractivity contribution in [3.63, 3.8) is 0 Å². The average molecular weight is 419 g/mol. The van der Waals surface area contributed by atoms with Crippen LogP contribution >= 0.6 is 30.9 Å². The number of rotatable bonds is 4. The zero-order valence-corrected chi connectivity index (χ0v) is 17.6. The van der Waals surface area contributed by atoms with Gasteiger partial charge in [-0.05, 0) is 6.92 Å². The number of hydrogen-bond acceptors (Lipinski definition) is 6. The standard InChI is InChI=1S/C15H16O2P2S4/c1-11-3-7-13(8-4-11)18(20)22-19(21,23-18)14-9-5-12(6-10-14)15(16)17-2/h3-10,15-16H,1-2H3. The second-order valence-corrected chi connectivity index (χ2v) is 26.5.